The van der Waals surface area contributed by atoms with E-state index in [1.54, 1.807) is 0 Å². The lowest BCUT2D eigenvalue weighted by atomic mass is 10.1. The first kappa shape index (κ1) is 20.6. The predicted molar refractivity (Wildman–Crippen MR) is 76.1 cm³/mol. The summed E-state index contributed by atoms with van der Waals surface area (Å²) in [6.45, 7) is -0.938. The average Bonchev–Trinajstić information content (AvgIpc) is 2.73. The summed E-state index contributed by atoms with van der Waals surface area (Å²) >= 11 is 0. The van der Waals surface area contributed by atoms with Gasteiger partial charge in [0.2, 0.25) is 0 Å². The second-order valence-electron chi connectivity index (χ2n) is 4.74. The number of nitrogen functional groups attached to an aromatic ring is 1. The Morgan fingerprint density at radius 1 is 1.25 bits per heavy atom. The second kappa shape index (κ2) is 8.11. The summed E-state index contributed by atoms with van der Waals surface area (Å²) in [5.41, 5.74) is 4.84. The van der Waals surface area contributed by atoms with Gasteiger partial charge in [-0.05, 0) is 0 Å². The lowest BCUT2D eigenvalue weighted by Crippen LogP contribution is -2.36. The Morgan fingerprint density at radius 2 is 1.79 bits per heavy atom. The molecular formula is C10H18N3O10P. The molecule has 0 unspecified atom stereocenters. The van der Waals surface area contributed by atoms with Gasteiger partial charge in [0.05, 0.1) is 13.2 Å². The Hall–Kier alpha value is -1.41. The number of aromatic nitrogens is 2. The van der Waals surface area contributed by atoms with Crippen molar-refractivity contribution < 1.29 is 44.4 Å². The summed E-state index contributed by atoms with van der Waals surface area (Å²) in [5.74, 6) is -0.115. The molecule has 1 saturated heterocycles. The summed E-state index contributed by atoms with van der Waals surface area (Å²) in [6, 6.07) is 0. The molecule has 138 valence electrons. The summed E-state index contributed by atoms with van der Waals surface area (Å²) in [6.07, 6.45) is -3.71. The van der Waals surface area contributed by atoms with Crippen LogP contribution in [-0.2, 0) is 15.9 Å². The van der Waals surface area contributed by atoms with E-state index >= 15 is 0 Å². The van der Waals surface area contributed by atoms with Crippen LogP contribution in [0.4, 0.5) is 5.82 Å². The molecule has 2 rings (SSSR count). The largest absolute Gasteiger partial charge is 0.466 e. The minimum atomic E-state index is -4.64. The van der Waals surface area contributed by atoms with Crippen LogP contribution in [0.1, 0.15) is 11.8 Å². The molecule has 1 aromatic rings. The van der Waals surface area contributed by atoms with Crippen molar-refractivity contribution in [2.24, 2.45) is 0 Å². The van der Waals surface area contributed by atoms with Gasteiger partial charge in [-0.25, -0.2) is 9.36 Å². The number of phosphoric acid groups is 1. The Morgan fingerprint density at radius 3 is 2.21 bits per heavy atom. The third-order valence-electron chi connectivity index (χ3n) is 3.02. The zero-order valence-electron chi connectivity index (χ0n) is 12.1. The van der Waals surface area contributed by atoms with Crippen molar-refractivity contribution in [3.05, 3.63) is 22.2 Å². The van der Waals surface area contributed by atoms with Crippen LogP contribution in [0.2, 0.25) is 0 Å². The maximum Gasteiger partial charge on any atom is 0.466 e. The van der Waals surface area contributed by atoms with E-state index in [1.807, 2.05) is 0 Å². The Kier molecular flexibility index (Phi) is 6.97. The fourth-order valence-corrected chi connectivity index (χ4v) is 1.94. The zero-order valence-corrected chi connectivity index (χ0v) is 13.0. The first-order chi connectivity index (χ1) is 11.0. The number of anilines is 1. The van der Waals surface area contributed by atoms with Gasteiger partial charge in [0.15, 0.2) is 6.23 Å². The van der Waals surface area contributed by atoms with Gasteiger partial charge >= 0.3 is 13.5 Å². The smallest absolute Gasteiger partial charge is 0.394 e. The molecule has 0 amide bonds. The molecule has 1 aliphatic heterocycles. The molecule has 1 fully saturated rings. The highest BCUT2D eigenvalue weighted by Crippen LogP contribution is 2.28. The molecule has 0 saturated carbocycles. The molecule has 0 bridgehead atoms. The molecule has 24 heavy (non-hydrogen) atoms. The Balaban J connectivity index is 0.000000505. The lowest BCUT2D eigenvalue weighted by Gasteiger charge is -2.18. The van der Waals surface area contributed by atoms with Crippen molar-refractivity contribution >= 4 is 13.6 Å². The van der Waals surface area contributed by atoms with Gasteiger partial charge < -0.3 is 45.6 Å². The van der Waals surface area contributed by atoms with E-state index in [0.29, 0.717) is 0 Å². The number of hydrogen-bond acceptors (Lipinski definition) is 9. The van der Waals surface area contributed by atoms with Crippen molar-refractivity contribution in [1.82, 2.24) is 9.55 Å². The summed E-state index contributed by atoms with van der Waals surface area (Å²) in [5, 5.41) is 37.5. The number of nitrogens with zero attached hydrogens (tertiary/aromatic N) is 2. The zero-order chi connectivity index (χ0) is 18.7. The number of aliphatic hydroxyl groups excluding tert-OH is 4. The van der Waals surface area contributed by atoms with E-state index in [0.717, 1.165) is 4.57 Å². The van der Waals surface area contributed by atoms with Crippen molar-refractivity contribution in [3.63, 3.8) is 0 Å². The summed E-state index contributed by atoms with van der Waals surface area (Å²) in [4.78, 5) is 36.7. The van der Waals surface area contributed by atoms with Crippen LogP contribution < -0.4 is 11.4 Å². The molecular weight excluding hydrogens is 353 g/mol. The number of nitrogens with two attached hydrogens (primary N) is 1. The van der Waals surface area contributed by atoms with Gasteiger partial charge in [-0.2, -0.15) is 4.98 Å². The van der Waals surface area contributed by atoms with Crippen LogP contribution in [0.5, 0.6) is 0 Å². The Bertz CT molecular complexity index is 653. The van der Waals surface area contributed by atoms with Crippen LogP contribution in [0, 0.1) is 0 Å². The molecule has 0 radical (unpaired) electrons. The topological polar surface area (TPSA) is 229 Å². The first-order valence-corrected chi connectivity index (χ1v) is 7.95. The van der Waals surface area contributed by atoms with Gasteiger partial charge in [0.1, 0.15) is 24.1 Å². The maximum atomic E-state index is 11.7. The summed E-state index contributed by atoms with van der Waals surface area (Å²) in [7, 11) is -4.64. The molecule has 0 spiro atoms. The van der Waals surface area contributed by atoms with E-state index < -0.39 is 51.3 Å². The van der Waals surface area contributed by atoms with E-state index in [1.165, 1.54) is 6.20 Å². The molecule has 1 aromatic heterocycles. The lowest BCUT2D eigenvalue weighted by molar-refractivity contribution is -0.0551. The van der Waals surface area contributed by atoms with Crippen molar-refractivity contribution in [2.75, 3.05) is 12.3 Å². The van der Waals surface area contributed by atoms with Crippen LogP contribution in [0.3, 0.4) is 0 Å². The van der Waals surface area contributed by atoms with Gasteiger partial charge in [-0.1, -0.05) is 0 Å². The van der Waals surface area contributed by atoms with Gasteiger partial charge in [-0.15, -0.1) is 0 Å². The van der Waals surface area contributed by atoms with Gasteiger partial charge in [0.25, 0.3) is 0 Å². The first-order valence-electron chi connectivity index (χ1n) is 6.38. The van der Waals surface area contributed by atoms with Gasteiger partial charge in [-0.3, -0.25) is 4.57 Å². The van der Waals surface area contributed by atoms with E-state index in [9.17, 15) is 15.0 Å². The summed E-state index contributed by atoms with van der Waals surface area (Å²) < 4.78 is 15.0. The SMILES string of the molecule is Nc1nc(=O)n([C@@H]2O[C@H](CO)[C@@H](O)[C@H]2O)cc1CO.O=P(O)(O)O. The molecule has 2 heterocycles. The number of hydrogen-bond donors (Lipinski definition) is 8. The molecule has 4 atom stereocenters. The van der Waals surface area contributed by atoms with Crippen LogP contribution in [0.25, 0.3) is 0 Å². The molecule has 13 nitrogen and oxygen atoms in total. The average molecular weight is 371 g/mol. The van der Waals surface area contributed by atoms with Crippen molar-refractivity contribution in [1.29, 1.82) is 0 Å². The standard InChI is InChI=1S/C10H15N3O6.H3O4P/c11-8-4(2-14)1-13(10(18)12-8)9-7(17)6(16)5(3-15)19-9;1-5(2,3)4/h1,5-7,9,14-17H,2-3H2,(H2,11,12,18);(H3,1,2,3,4)/t5-,6-,7-,9-;/m1./s1. The van der Waals surface area contributed by atoms with Crippen LogP contribution in [-0.4, -0.2) is 69.6 Å². The fourth-order valence-electron chi connectivity index (χ4n) is 1.94. The van der Waals surface area contributed by atoms with Crippen molar-refractivity contribution in [3.8, 4) is 0 Å². The predicted octanol–water partition coefficient (Wildman–Crippen LogP) is -4.00. The van der Waals surface area contributed by atoms with Crippen LogP contribution in [0.15, 0.2) is 11.0 Å². The fraction of sp³-hybridized carbons (Fsp3) is 0.600. The van der Waals surface area contributed by atoms with Gasteiger partial charge in [0, 0.05) is 11.8 Å². The molecule has 14 heteroatoms. The number of ether oxygens (including phenoxy) is 1. The highest BCUT2D eigenvalue weighted by atomic mass is 31.2. The van der Waals surface area contributed by atoms with Crippen molar-refractivity contribution in [2.45, 2.75) is 31.1 Å². The monoisotopic (exact) mass is 371 g/mol. The van der Waals surface area contributed by atoms with Crippen LogP contribution >= 0.6 is 7.82 Å². The third-order valence-corrected chi connectivity index (χ3v) is 3.02. The highest BCUT2D eigenvalue weighted by Gasteiger charge is 2.43. The molecule has 0 aromatic carbocycles. The van der Waals surface area contributed by atoms with E-state index in [2.05, 4.69) is 4.98 Å². The molecule has 9 N–H and O–H groups in total. The molecule has 1 aliphatic rings. The minimum Gasteiger partial charge on any atom is -0.394 e. The normalized spacial score (nSPS) is 26.8. The highest BCUT2D eigenvalue weighted by molar-refractivity contribution is 7.45. The van der Waals surface area contributed by atoms with E-state index in [4.69, 9.17) is 39.9 Å². The Labute approximate surface area is 134 Å². The maximum absolute atomic E-state index is 11.7. The second-order valence-corrected chi connectivity index (χ2v) is 5.77. The number of rotatable bonds is 3. The third kappa shape index (κ3) is 5.31. The quantitative estimate of drug-likeness (QED) is 0.238. The van der Waals surface area contributed by atoms with E-state index in [-0.39, 0.29) is 11.4 Å². The minimum absolute atomic E-state index is 0.115. The number of aliphatic hydroxyl groups is 4. The molecule has 0 aliphatic carbocycles.